The number of alkyl halides is 3. The Morgan fingerprint density at radius 3 is 1.70 bits per heavy atom. The molecule has 0 aromatic carbocycles. The maximum Gasteiger partial charge on any atom is 0.222 e. The van der Waals surface area contributed by atoms with Crippen molar-refractivity contribution in [3.05, 3.63) is 0 Å². The fraction of sp³-hybridized carbons (Fsp3) is 1.00. The Morgan fingerprint density at radius 2 is 1.70 bits per heavy atom. The van der Waals surface area contributed by atoms with E-state index < -0.39 is 16.8 Å². The largest absolute Gasteiger partial charge is 0.381 e. The van der Waals surface area contributed by atoms with Gasteiger partial charge in [-0.25, -0.2) is 0 Å². The second kappa shape index (κ2) is 3.20. The van der Waals surface area contributed by atoms with Crippen molar-refractivity contribution in [2.75, 3.05) is 13.3 Å². The molecule has 0 fully saturated rings. The fourth-order valence-electron chi connectivity index (χ4n) is 0.353. The van der Waals surface area contributed by atoms with Crippen molar-refractivity contribution in [2.45, 2.75) is 9.64 Å². The van der Waals surface area contributed by atoms with Crippen LogP contribution in [0.25, 0.3) is 0 Å². The Labute approximate surface area is 74.8 Å². The quantitative estimate of drug-likeness (QED) is 0.549. The van der Waals surface area contributed by atoms with Crippen LogP contribution in [0.3, 0.4) is 0 Å². The normalized spacial score (nSPS) is 17.0. The molecule has 0 saturated carbocycles. The molecule has 1 atom stereocenters. The van der Waals surface area contributed by atoms with Crippen molar-refractivity contribution in [2.24, 2.45) is 0 Å². The minimum atomic E-state index is -2.72. The van der Waals surface area contributed by atoms with Gasteiger partial charge >= 0.3 is 0 Å². The molecule has 6 heteroatoms. The molecule has 2 nitrogen and oxygen atoms in total. The summed E-state index contributed by atoms with van der Waals surface area (Å²) in [5.41, 5.74) is 0. The molecule has 0 aliphatic carbocycles. The molecule has 0 spiro atoms. The molecular formula is C4H8Cl3O2P. The lowest BCUT2D eigenvalue weighted by atomic mass is 10.8. The van der Waals surface area contributed by atoms with Gasteiger partial charge < -0.3 is 9.67 Å². The van der Waals surface area contributed by atoms with Crippen molar-refractivity contribution < 1.29 is 9.67 Å². The van der Waals surface area contributed by atoms with Gasteiger partial charge in [-0.15, -0.1) is 0 Å². The molecule has 0 heterocycles. The summed E-state index contributed by atoms with van der Waals surface area (Å²) in [6.07, 6.45) is 0. The highest BCUT2D eigenvalue weighted by Gasteiger charge is 2.39. The minimum Gasteiger partial charge on any atom is -0.381 e. The average molecular weight is 225 g/mol. The molecule has 0 aromatic rings. The standard InChI is InChI=1S/C4H8Cl3O2P/c1-10(2,9)3(8)4(5,6)7/h3,8H,1-2H3. The molecule has 0 aliphatic rings. The summed E-state index contributed by atoms with van der Waals surface area (Å²) in [6, 6.07) is 0. The van der Waals surface area contributed by atoms with Gasteiger partial charge in [-0.2, -0.15) is 0 Å². The van der Waals surface area contributed by atoms with Gasteiger partial charge in [0.25, 0.3) is 0 Å². The monoisotopic (exact) mass is 224 g/mol. The summed E-state index contributed by atoms with van der Waals surface area (Å²) in [6.45, 7) is 2.72. The first-order valence-corrected chi connectivity index (χ1v) is 6.25. The third kappa shape index (κ3) is 3.45. The summed E-state index contributed by atoms with van der Waals surface area (Å²) in [4.78, 5) is 0. The number of hydrogen-bond acceptors (Lipinski definition) is 2. The van der Waals surface area contributed by atoms with E-state index in [1.165, 1.54) is 13.3 Å². The first-order valence-electron chi connectivity index (χ1n) is 2.45. The van der Waals surface area contributed by atoms with Gasteiger partial charge in [0, 0.05) is 0 Å². The van der Waals surface area contributed by atoms with E-state index in [4.69, 9.17) is 39.9 Å². The number of halogens is 3. The first kappa shape index (κ1) is 11.1. The van der Waals surface area contributed by atoms with Crippen molar-refractivity contribution in [1.82, 2.24) is 0 Å². The lowest BCUT2D eigenvalue weighted by molar-refractivity contribution is 0.253. The van der Waals surface area contributed by atoms with Crippen LogP contribution in [0.15, 0.2) is 0 Å². The molecule has 0 aromatic heterocycles. The molecular weight excluding hydrogens is 217 g/mol. The van der Waals surface area contributed by atoms with E-state index in [1.54, 1.807) is 0 Å². The number of rotatable bonds is 1. The van der Waals surface area contributed by atoms with Crippen LogP contribution < -0.4 is 0 Å². The van der Waals surface area contributed by atoms with Crippen LogP contribution in [0, 0.1) is 0 Å². The zero-order valence-electron chi connectivity index (χ0n) is 5.51. The molecule has 0 radical (unpaired) electrons. The first-order chi connectivity index (χ1) is 4.15. The smallest absolute Gasteiger partial charge is 0.222 e. The molecule has 0 amide bonds. The molecule has 1 N–H and O–H groups in total. The van der Waals surface area contributed by atoms with E-state index >= 15 is 0 Å². The minimum absolute atomic E-state index is 1.36. The highest BCUT2D eigenvalue weighted by Crippen LogP contribution is 2.51. The van der Waals surface area contributed by atoms with Crippen LogP contribution >= 0.6 is 41.9 Å². The lowest BCUT2D eigenvalue weighted by Gasteiger charge is -2.22. The Hall–Kier alpha value is 1.06. The number of aliphatic hydroxyl groups excluding tert-OH is 1. The van der Waals surface area contributed by atoms with Gasteiger partial charge in [0.1, 0.15) is 7.14 Å². The van der Waals surface area contributed by atoms with Gasteiger partial charge in [0.2, 0.25) is 3.79 Å². The maximum absolute atomic E-state index is 11.1. The zero-order valence-corrected chi connectivity index (χ0v) is 8.68. The Balaban J connectivity index is 4.39. The van der Waals surface area contributed by atoms with Crippen LogP contribution in [-0.4, -0.2) is 28.1 Å². The van der Waals surface area contributed by atoms with Crippen LogP contribution in [0.1, 0.15) is 0 Å². The Bertz CT molecular complexity index is 158. The van der Waals surface area contributed by atoms with E-state index in [0.29, 0.717) is 0 Å². The number of aliphatic hydroxyl groups is 1. The summed E-state index contributed by atoms with van der Waals surface area (Å²) in [5, 5.41) is 9.06. The lowest BCUT2D eigenvalue weighted by Crippen LogP contribution is -2.24. The fourth-order valence-corrected chi connectivity index (χ4v) is 3.17. The van der Waals surface area contributed by atoms with Crippen LogP contribution in [-0.2, 0) is 4.57 Å². The summed E-state index contributed by atoms with van der Waals surface area (Å²) >= 11 is 15.8. The van der Waals surface area contributed by atoms with Crippen molar-refractivity contribution in [1.29, 1.82) is 0 Å². The SMILES string of the molecule is CP(C)(=O)C(O)C(Cl)(Cl)Cl. The van der Waals surface area contributed by atoms with E-state index in [9.17, 15) is 4.57 Å². The van der Waals surface area contributed by atoms with Crippen molar-refractivity contribution in [3.63, 3.8) is 0 Å². The summed E-state index contributed by atoms with van der Waals surface area (Å²) < 4.78 is 9.21. The van der Waals surface area contributed by atoms with E-state index in [2.05, 4.69) is 0 Å². The van der Waals surface area contributed by atoms with Gasteiger partial charge in [0.15, 0.2) is 5.85 Å². The molecule has 62 valence electrons. The van der Waals surface area contributed by atoms with Crippen molar-refractivity contribution >= 4 is 41.9 Å². The molecule has 1 unspecified atom stereocenters. The Morgan fingerprint density at radius 1 is 1.40 bits per heavy atom. The second-order valence-corrected chi connectivity index (χ2v) is 8.08. The third-order valence-electron chi connectivity index (χ3n) is 0.882. The van der Waals surface area contributed by atoms with Gasteiger partial charge in [0.05, 0.1) is 0 Å². The second-order valence-electron chi connectivity index (χ2n) is 2.35. The predicted molar refractivity (Wildman–Crippen MR) is 45.8 cm³/mol. The zero-order chi connectivity index (χ0) is 8.58. The molecule has 0 aliphatic heterocycles. The molecule has 0 saturated heterocycles. The summed E-state index contributed by atoms with van der Waals surface area (Å²) in [7, 11) is -2.72. The van der Waals surface area contributed by atoms with Gasteiger partial charge in [-0.05, 0) is 13.3 Å². The molecule has 0 bridgehead atoms. The predicted octanol–water partition coefficient (Wildman–Crippen LogP) is 2.30. The molecule has 10 heavy (non-hydrogen) atoms. The third-order valence-corrected chi connectivity index (χ3v) is 3.52. The maximum atomic E-state index is 11.1. The van der Waals surface area contributed by atoms with Crippen LogP contribution in [0.5, 0.6) is 0 Å². The number of hydrogen-bond donors (Lipinski definition) is 1. The Kier molecular flexibility index (Phi) is 3.54. The van der Waals surface area contributed by atoms with Crippen molar-refractivity contribution in [3.8, 4) is 0 Å². The van der Waals surface area contributed by atoms with E-state index in [0.717, 1.165) is 0 Å². The highest BCUT2D eigenvalue weighted by atomic mass is 35.6. The topological polar surface area (TPSA) is 37.3 Å². The molecule has 0 rings (SSSR count). The van der Waals surface area contributed by atoms with Gasteiger partial charge in [-0.1, -0.05) is 34.8 Å². The van der Waals surface area contributed by atoms with Gasteiger partial charge in [-0.3, -0.25) is 0 Å². The average Bonchev–Trinajstić information content (AvgIpc) is 1.59. The van der Waals surface area contributed by atoms with Crippen LogP contribution in [0.4, 0.5) is 0 Å². The van der Waals surface area contributed by atoms with Crippen LogP contribution in [0.2, 0.25) is 0 Å². The van der Waals surface area contributed by atoms with E-state index in [1.807, 2.05) is 0 Å². The summed E-state index contributed by atoms with van der Waals surface area (Å²) in [5.74, 6) is -1.38. The highest BCUT2D eigenvalue weighted by molar-refractivity contribution is 7.63. The van der Waals surface area contributed by atoms with E-state index in [-0.39, 0.29) is 0 Å².